The fourth-order valence-corrected chi connectivity index (χ4v) is 3.97. The minimum atomic E-state index is -0.827. The van der Waals surface area contributed by atoms with Crippen molar-refractivity contribution in [2.24, 2.45) is 11.3 Å². The molecule has 2 fully saturated rings. The molecule has 1 saturated heterocycles. The molecule has 1 aromatic rings. The number of rotatable bonds is 5. The zero-order chi connectivity index (χ0) is 17.5. The first-order valence-corrected chi connectivity index (χ1v) is 8.54. The summed E-state index contributed by atoms with van der Waals surface area (Å²) in [4.78, 5) is 26.8. The second-order valence-corrected chi connectivity index (χ2v) is 7.38. The largest absolute Gasteiger partial charge is 0.496 e. The van der Waals surface area contributed by atoms with Gasteiger partial charge in [-0.3, -0.25) is 9.59 Å². The van der Waals surface area contributed by atoms with Gasteiger partial charge in [0, 0.05) is 18.7 Å². The molecule has 1 amide bonds. The third-order valence-corrected chi connectivity index (χ3v) is 5.90. The predicted molar refractivity (Wildman–Crippen MR) is 90.0 cm³/mol. The fourth-order valence-electron chi connectivity index (χ4n) is 3.97. The molecule has 24 heavy (non-hydrogen) atoms. The molecule has 1 atom stereocenters. The van der Waals surface area contributed by atoms with E-state index < -0.39 is 16.8 Å². The van der Waals surface area contributed by atoms with Crippen molar-refractivity contribution < 1.29 is 19.4 Å². The molecule has 1 aromatic carbocycles. The van der Waals surface area contributed by atoms with Crippen LogP contribution >= 0.6 is 0 Å². The number of hydrogen-bond donors (Lipinski definition) is 1. The van der Waals surface area contributed by atoms with Gasteiger partial charge >= 0.3 is 5.97 Å². The van der Waals surface area contributed by atoms with Crippen LogP contribution in [0.4, 0.5) is 0 Å². The average Bonchev–Trinajstić information content (AvgIpc) is 3.24. The lowest BCUT2D eigenvalue weighted by Gasteiger charge is -2.30. The molecular weight excluding hydrogens is 306 g/mol. The monoisotopic (exact) mass is 331 g/mol. The van der Waals surface area contributed by atoms with E-state index in [1.807, 2.05) is 38.1 Å². The molecule has 5 nitrogen and oxygen atoms in total. The summed E-state index contributed by atoms with van der Waals surface area (Å²) in [5, 5.41) is 9.69. The van der Waals surface area contributed by atoms with Crippen LogP contribution in [-0.2, 0) is 15.0 Å². The smallest absolute Gasteiger partial charge is 0.311 e. The molecule has 2 aliphatic rings. The minimum absolute atomic E-state index is 0.00536. The Labute approximate surface area is 142 Å². The van der Waals surface area contributed by atoms with E-state index in [0.29, 0.717) is 19.5 Å². The van der Waals surface area contributed by atoms with Crippen LogP contribution in [0.25, 0.3) is 0 Å². The summed E-state index contributed by atoms with van der Waals surface area (Å²) in [6.07, 6.45) is 2.11. The Hall–Kier alpha value is -2.04. The van der Waals surface area contributed by atoms with Crippen molar-refractivity contribution in [2.75, 3.05) is 20.2 Å². The van der Waals surface area contributed by atoms with Crippen molar-refractivity contribution in [3.05, 3.63) is 29.8 Å². The summed E-state index contributed by atoms with van der Waals surface area (Å²) in [6, 6.07) is 7.65. The Morgan fingerprint density at radius 2 is 1.88 bits per heavy atom. The van der Waals surface area contributed by atoms with E-state index in [4.69, 9.17) is 4.74 Å². The molecule has 0 radical (unpaired) electrons. The Balaban J connectivity index is 1.87. The van der Waals surface area contributed by atoms with Crippen molar-refractivity contribution in [1.29, 1.82) is 0 Å². The summed E-state index contributed by atoms with van der Waals surface area (Å²) in [5.41, 5.74) is -0.431. The Morgan fingerprint density at radius 3 is 2.38 bits per heavy atom. The maximum absolute atomic E-state index is 13.2. The molecule has 0 aromatic heterocycles. The Bertz CT molecular complexity index is 665. The lowest BCUT2D eigenvalue weighted by molar-refractivity contribution is -0.151. The van der Waals surface area contributed by atoms with E-state index in [9.17, 15) is 14.7 Å². The van der Waals surface area contributed by atoms with Crippen LogP contribution < -0.4 is 4.74 Å². The van der Waals surface area contributed by atoms with E-state index in [1.165, 1.54) is 0 Å². The summed E-state index contributed by atoms with van der Waals surface area (Å²) >= 11 is 0. The first-order chi connectivity index (χ1) is 11.4. The SMILES string of the molecule is COc1ccccc1C1(C(=O)N2CCC(C(=O)O)(C(C)C)C2)CC1. The second-order valence-electron chi connectivity index (χ2n) is 7.38. The number of methoxy groups -OCH3 is 1. The van der Waals surface area contributed by atoms with Gasteiger partial charge in [-0.25, -0.2) is 0 Å². The van der Waals surface area contributed by atoms with Gasteiger partial charge in [-0.15, -0.1) is 0 Å². The summed E-state index contributed by atoms with van der Waals surface area (Å²) < 4.78 is 5.44. The van der Waals surface area contributed by atoms with Gasteiger partial charge < -0.3 is 14.7 Å². The van der Waals surface area contributed by atoms with Gasteiger partial charge in [-0.2, -0.15) is 0 Å². The number of carboxylic acid groups (broad SMARTS) is 1. The maximum Gasteiger partial charge on any atom is 0.311 e. The standard InChI is InChI=1S/C19H25NO4/c1-13(2)19(17(22)23)10-11-20(12-19)16(21)18(8-9-18)14-6-4-5-7-15(14)24-3/h4-7,13H,8-12H2,1-3H3,(H,22,23). The van der Waals surface area contributed by atoms with Crippen LogP contribution in [0, 0.1) is 11.3 Å². The number of ether oxygens (including phenoxy) is 1. The molecule has 1 aliphatic heterocycles. The van der Waals surface area contributed by atoms with Crippen molar-refractivity contribution in [3.8, 4) is 5.75 Å². The van der Waals surface area contributed by atoms with Gasteiger partial charge in [0.15, 0.2) is 0 Å². The number of carboxylic acids is 1. The summed E-state index contributed by atoms with van der Waals surface area (Å²) in [5.74, 6) is -0.0177. The minimum Gasteiger partial charge on any atom is -0.496 e. The van der Waals surface area contributed by atoms with Gasteiger partial charge in [0.25, 0.3) is 0 Å². The number of benzene rings is 1. The molecule has 1 heterocycles. The molecule has 1 aliphatic carbocycles. The van der Waals surface area contributed by atoms with Crippen LogP contribution in [0.1, 0.15) is 38.7 Å². The van der Waals surface area contributed by atoms with E-state index >= 15 is 0 Å². The van der Waals surface area contributed by atoms with Gasteiger partial charge in [0.05, 0.1) is 17.9 Å². The number of carbonyl (C=O) groups excluding carboxylic acids is 1. The van der Waals surface area contributed by atoms with Crippen molar-refractivity contribution in [2.45, 2.75) is 38.5 Å². The van der Waals surface area contributed by atoms with E-state index in [-0.39, 0.29) is 11.8 Å². The quantitative estimate of drug-likeness (QED) is 0.901. The molecule has 130 valence electrons. The highest BCUT2D eigenvalue weighted by atomic mass is 16.5. The zero-order valence-corrected chi connectivity index (χ0v) is 14.5. The number of carbonyl (C=O) groups is 2. The van der Waals surface area contributed by atoms with Crippen LogP contribution in [0.15, 0.2) is 24.3 Å². The van der Waals surface area contributed by atoms with E-state index in [1.54, 1.807) is 12.0 Å². The summed E-state index contributed by atoms with van der Waals surface area (Å²) in [6.45, 7) is 4.67. The highest BCUT2D eigenvalue weighted by Gasteiger charge is 2.57. The van der Waals surface area contributed by atoms with Crippen molar-refractivity contribution >= 4 is 11.9 Å². The molecule has 0 spiro atoms. The number of likely N-dealkylation sites (tertiary alicyclic amines) is 1. The van der Waals surface area contributed by atoms with Gasteiger partial charge in [-0.1, -0.05) is 32.0 Å². The van der Waals surface area contributed by atoms with Crippen LogP contribution in [-0.4, -0.2) is 42.1 Å². The van der Waals surface area contributed by atoms with Gasteiger partial charge in [0.1, 0.15) is 5.75 Å². The fraction of sp³-hybridized carbons (Fsp3) is 0.579. The molecular formula is C19H25NO4. The van der Waals surface area contributed by atoms with Gasteiger partial charge in [-0.05, 0) is 31.2 Å². The van der Waals surface area contributed by atoms with Gasteiger partial charge in [0.2, 0.25) is 5.91 Å². The van der Waals surface area contributed by atoms with Crippen LogP contribution in [0.5, 0.6) is 5.75 Å². The normalized spacial score (nSPS) is 24.9. The first-order valence-electron chi connectivity index (χ1n) is 8.54. The van der Waals surface area contributed by atoms with Crippen LogP contribution in [0.2, 0.25) is 0 Å². The number of hydrogen-bond acceptors (Lipinski definition) is 3. The summed E-state index contributed by atoms with van der Waals surface area (Å²) in [7, 11) is 1.61. The topological polar surface area (TPSA) is 66.8 Å². The first kappa shape index (κ1) is 16.8. The molecule has 1 N–H and O–H groups in total. The Morgan fingerprint density at radius 1 is 1.21 bits per heavy atom. The zero-order valence-electron chi connectivity index (χ0n) is 14.5. The van der Waals surface area contributed by atoms with Crippen molar-refractivity contribution in [1.82, 2.24) is 4.90 Å². The highest BCUT2D eigenvalue weighted by Crippen LogP contribution is 2.53. The lowest BCUT2D eigenvalue weighted by atomic mass is 9.76. The Kier molecular flexibility index (Phi) is 4.06. The number of nitrogens with zero attached hydrogens (tertiary/aromatic N) is 1. The number of aliphatic carboxylic acids is 1. The highest BCUT2D eigenvalue weighted by molar-refractivity contribution is 5.93. The number of para-hydroxylation sites is 1. The third kappa shape index (κ3) is 2.38. The van der Waals surface area contributed by atoms with E-state index in [2.05, 4.69) is 0 Å². The van der Waals surface area contributed by atoms with Crippen molar-refractivity contribution in [3.63, 3.8) is 0 Å². The maximum atomic E-state index is 13.2. The number of amides is 1. The van der Waals surface area contributed by atoms with E-state index in [0.717, 1.165) is 24.2 Å². The average molecular weight is 331 g/mol. The second kappa shape index (κ2) is 5.80. The predicted octanol–water partition coefficient (Wildman–Crippen LogP) is 2.69. The molecule has 3 rings (SSSR count). The molecule has 0 bridgehead atoms. The van der Waals surface area contributed by atoms with Crippen LogP contribution in [0.3, 0.4) is 0 Å². The molecule has 1 saturated carbocycles. The molecule has 5 heteroatoms. The molecule has 1 unspecified atom stereocenters. The third-order valence-electron chi connectivity index (χ3n) is 5.90. The lowest BCUT2D eigenvalue weighted by Crippen LogP contribution is -2.43.